The van der Waals surface area contributed by atoms with Crippen molar-refractivity contribution >= 4 is 33.2 Å². The van der Waals surface area contributed by atoms with E-state index in [4.69, 9.17) is 11.5 Å². The smallest absolute Gasteiger partial charge is 0.271 e. The van der Waals surface area contributed by atoms with E-state index in [1.165, 1.54) is 6.07 Å². The van der Waals surface area contributed by atoms with Crippen LogP contribution in [0.2, 0.25) is 0 Å². The van der Waals surface area contributed by atoms with Crippen LogP contribution >= 0.6 is 15.9 Å². The van der Waals surface area contributed by atoms with E-state index >= 15 is 0 Å². The summed E-state index contributed by atoms with van der Waals surface area (Å²) in [6.07, 6.45) is 0. The molecule has 74 valence electrons. The summed E-state index contributed by atoms with van der Waals surface area (Å²) in [7, 11) is 0. The van der Waals surface area contributed by atoms with Gasteiger partial charge in [0, 0.05) is 16.6 Å². The zero-order valence-electron chi connectivity index (χ0n) is 6.86. The second-order valence-electron chi connectivity index (χ2n) is 2.51. The van der Waals surface area contributed by atoms with Crippen LogP contribution in [0.4, 0.5) is 11.4 Å². The first kappa shape index (κ1) is 10.5. The Morgan fingerprint density at radius 3 is 2.50 bits per heavy atom. The minimum atomic E-state index is -0.799. The molecule has 1 amide bonds. The van der Waals surface area contributed by atoms with Crippen LogP contribution in [0.25, 0.3) is 0 Å². The Morgan fingerprint density at radius 1 is 1.50 bits per heavy atom. The highest BCUT2D eigenvalue weighted by atomic mass is 79.9. The minimum Gasteiger partial charge on any atom is -0.397 e. The average Bonchev–Trinajstić information content (AvgIpc) is 2.08. The van der Waals surface area contributed by atoms with Crippen LogP contribution in [0.3, 0.4) is 0 Å². The summed E-state index contributed by atoms with van der Waals surface area (Å²) in [4.78, 5) is 20.7. The van der Waals surface area contributed by atoms with Gasteiger partial charge in [-0.15, -0.1) is 0 Å². The zero-order chi connectivity index (χ0) is 10.9. The van der Waals surface area contributed by atoms with E-state index in [0.29, 0.717) is 0 Å². The molecular weight excluding hydrogens is 254 g/mol. The molecule has 4 N–H and O–H groups in total. The van der Waals surface area contributed by atoms with E-state index in [1.807, 2.05) is 0 Å². The SMILES string of the molecule is NC(=O)c1cc([N+](=O)[O-])cc(Br)c1N. The number of hydrogen-bond donors (Lipinski definition) is 2. The number of nitrogens with zero attached hydrogens (tertiary/aromatic N) is 1. The van der Waals surface area contributed by atoms with Crippen molar-refractivity contribution in [1.29, 1.82) is 0 Å². The zero-order valence-corrected chi connectivity index (χ0v) is 8.45. The largest absolute Gasteiger partial charge is 0.397 e. The summed E-state index contributed by atoms with van der Waals surface area (Å²) >= 11 is 3.00. The number of nitro benzene ring substituents is 1. The first-order chi connectivity index (χ1) is 6.43. The number of amides is 1. The number of nitrogens with two attached hydrogens (primary N) is 2. The number of non-ortho nitro benzene ring substituents is 1. The van der Waals surface area contributed by atoms with Crippen molar-refractivity contribution in [2.45, 2.75) is 0 Å². The van der Waals surface area contributed by atoms with E-state index in [9.17, 15) is 14.9 Å². The summed E-state index contributed by atoms with van der Waals surface area (Å²) in [5, 5.41) is 10.4. The maximum absolute atomic E-state index is 10.8. The molecule has 7 heteroatoms. The van der Waals surface area contributed by atoms with E-state index in [1.54, 1.807) is 0 Å². The van der Waals surface area contributed by atoms with Crippen LogP contribution in [0.15, 0.2) is 16.6 Å². The first-order valence-electron chi connectivity index (χ1n) is 3.46. The van der Waals surface area contributed by atoms with E-state index in [0.717, 1.165) is 6.07 Å². The fourth-order valence-corrected chi connectivity index (χ4v) is 1.36. The fourth-order valence-electron chi connectivity index (χ4n) is 0.913. The quantitative estimate of drug-likeness (QED) is 0.469. The molecule has 0 aliphatic heterocycles. The van der Waals surface area contributed by atoms with Crippen LogP contribution in [0, 0.1) is 10.1 Å². The summed E-state index contributed by atoms with van der Waals surface area (Å²) in [6.45, 7) is 0. The molecule has 0 bridgehead atoms. The van der Waals surface area contributed by atoms with Crippen molar-refractivity contribution < 1.29 is 9.72 Å². The van der Waals surface area contributed by atoms with Crippen molar-refractivity contribution in [2.24, 2.45) is 5.73 Å². The van der Waals surface area contributed by atoms with Crippen molar-refractivity contribution in [3.63, 3.8) is 0 Å². The molecule has 1 rings (SSSR count). The summed E-state index contributed by atoms with van der Waals surface area (Å²) in [5.74, 6) is -0.799. The molecule has 14 heavy (non-hydrogen) atoms. The predicted octanol–water partition coefficient (Wildman–Crippen LogP) is 1.04. The van der Waals surface area contributed by atoms with Gasteiger partial charge in [0.2, 0.25) is 0 Å². The molecule has 0 fully saturated rings. The van der Waals surface area contributed by atoms with Gasteiger partial charge in [0.25, 0.3) is 11.6 Å². The van der Waals surface area contributed by atoms with Gasteiger partial charge in [-0.05, 0) is 15.9 Å². The lowest BCUT2D eigenvalue weighted by atomic mass is 10.1. The van der Waals surface area contributed by atoms with E-state index < -0.39 is 10.8 Å². The third-order valence-electron chi connectivity index (χ3n) is 1.59. The molecule has 0 aliphatic rings. The Kier molecular flexibility index (Phi) is 2.70. The van der Waals surface area contributed by atoms with Crippen LogP contribution in [-0.2, 0) is 0 Å². The Balaban J connectivity index is 3.43. The van der Waals surface area contributed by atoms with Crippen molar-refractivity contribution in [1.82, 2.24) is 0 Å². The van der Waals surface area contributed by atoms with Gasteiger partial charge in [0.15, 0.2) is 0 Å². The maximum atomic E-state index is 10.8. The number of nitro groups is 1. The van der Waals surface area contributed by atoms with Crippen LogP contribution < -0.4 is 11.5 Å². The lowest BCUT2D eigenvalue weighted by Gasteiger charge is -2.03. The van der Waals surface area contributed by atoms with Gasteiger partial charge in [-0.2, -0.15) is 0 Å². The molecule has 0 atom stereocenters. The summed E-state index contributed by atoms with van der Waals surface area (Å²) in [6, 6.07) is 2.25. The molecule has 1 aromatic rings. The minimum absolute atomic E-state index is 0.0638. The molecule has 6 nitrogen and oxygen atoms in total. The first-order valence-corrected chi connectivity index (χ1v) is 4.26. The van der Waals surface area contributed by atoms with Gasteiger partial charge >= 0.3 is 0 Å². The maximum Gasteiger partial charge on any atom is 0.271 e. The van der Waals surface area contributed by atoms with Crippen molar-refractivity contribution in [3.8, 4) is 0 Å². The Hall–Kier alpha value is -1.63. The third-order valence-corrected chi connectivity index (χ3v) is 2.25. The molecule has 0 saturated carbocycles. The highest BCUT2D eigenvalue weighted by Crippen LogP contribution is 2.28. The highest BCUT2D eigenvalue weighted by molar-refractivity contribution is 9.10. The number of rotatable bonds is 2. The number of anilines is 1. The van der Waals surface area contributed by atoms with Gasteiger partial charge in [-0.25, -0.2) is 0 Å². The highest BCUT2D eigenvalue weighted by Gasteiger charge is 2.16. The van der Waals surface area contributed by atoms with E-state index in [2.05, 4.69) is 15.9 Å². The molecule has 1 aromatic carbocycles. The summed E-state index contributed by atoms with van der Waals surface area (Å²) < 4.78 is 0.278. The molecule has 0 aliphatic carbocycles. The fraction of sp³-hybridized carbons (Fsp3) is 0. The number of benzene rings is 1. The molecule has 0 heterocycles. The molecule has 0 saturated heterocycles. The molecule has 0 spiro atoms. The third kappa shape index (κ3) is 1.82. The Morgan fingerprint density at radius 2 is 2.07 bits per heavy atom. The number of halogens is 1. The Bertz CT molecular complexity index is 419. The molecule has 0 unspecified atom stereocenters. The lowest BCUT2D eigenvalue weighted by molar-refractivity contribution is -0.384. The van der Waals surface area contributed by atoms with E-state index in [-0.39, 0.29) is 21.4 Å². The second-order valence-corrected chi connectivity index (χ2v) is 3.36. The van der Waals surface area contributed by atoms with Crippen LogP contribution in [0.1, 0.15) is 10.4 Å². The van der Waals surface area contributed by atoms with Crippen molar-refractivity contribution in [3.05, 3.63) is 32.3 Å². The predicted molar refractivity (Wildman–Crippen MR) is 53.7 cm³/mol. The standard InChI is InChI=1S/C7H6BrN3O3/c8-5-2-3(11(13)14)1-4(6(5)9)7(10)12/h1-2H,9H2,(H2,10,12). The Labute approximate surface area is 87.2 Å². The topological polar surface area (TPSA) is 112 Å². The number of carbonyl (C=O) groups is 1. The van der Waals surface area contributed by atoms with Crippen LogP contribution in [-0.4, -0.2) is 10.8 Å². The molecule has 0 radical (unpaired) electrons. The van der Waals surface area contributed by atoms with Gasteiger partial charge < -0.3 is 11.5 Å². The average molecular weight is 260 g/mol. The van der Waals surface area contributed by atoms with Gasteiger partial charge in [0.05, 0.1) is 16.2 Å². The summed E-state index contributed by atoms with van der Waals surface area (Å²) in [5.41, 5.74) is 10.3. The van der Waals surface area contributed by atoms with Gasteiger partial charge in [-0.3, -0.25) is 14.9 Å². The number of carbonyl (C=O) groups excluding carboxylic acids is 1. The number of hydrogen-bond acceptors (Lipinski definition) is 4. The van der Waals surface area contributed by atoms with Gasteiger partial charge in [-0.1, -0.05) is 0 Å². The van der Waals surface area contributed by atoms with Gasteiger partial charge in [0.1, 0.15) is 0 Å². The molecular formula is C7H6BrN3O3. The monoisotopic (exact) mass is 259 g/mol. The van der Waals surface area contributed by atoms with Crippen molar-refractivity contribution in [2.75, 3.05) is 5.73 Å². The lowest BCUT2D eigenvalue weighted by Crippen LogP contribution is -2.14. The normalized spacial score (nSPS) is 9.79. The second kappa shape index (κ2) is 3.62. The number of primary amides is 1. The number of nitrogen functional groups attached to an aromatic ring is 1. The van der Waals surface area contributed by atoms with Crippen LogP contribution in [0.5, 0.6) is 0 Å². The molecule has 0 aromatic heterocycles.